The van der Waals surface area contributed by atoms with E-state index in [2.05, 4.69) is 16.5 Å². The largest absolute Gasteiger partial charge is 0.332 e. The van der Waals surface area contributed by atoms with Crippen LogP contribution in [-0.2, 0) is 0 Å². The smallest absolute Gasteiger partial charge is 0.0950 e. The monoisotopic (exact) mass is 152 g/mol. The molecule has 1 aromatic rings. The first kappa shape index (κ1) is 8.31. The van der Waals surface area contributed by atoms with Gasteiger partial charge < -0.3 is 4.57 Å². The van der Waals surface area contributed by atoms with Crippen LogP contribution in [0.15, 0.2) is 12.5 Å². The number of hydrogen-bond donors (Lipinski definition) is 0. The Balaban J connectivity index is 0.000000281. The summed E-state index contributed by atoms with van der Waals surface area (Å²) in [5.41, 5.74) is 1.29. The topological polar surface area (TPSA) is 17.8 Å². The molecular weight excluding hydrogens is 136 g/mol. The van der Waals surface area contributed by atoms with Crippen LogP contribution in [0.4, 0.5) is 0 Å². The van der Waals surface area contributed by atoms with E-state index in [9.17, 15) is 0 Å². The zero-order chi connectivity index (χ0) is 8.27. The highest BCUT2D eigenvalue weighted by molar-refractivity contribution is 5.00. The molecule has 0 N–H and O–H groups in total. The normalized spacial score (nSPS) is 15.5. The van der Waals surface area contributed by atoms with Crippen LogP contribution in [0.25, 0.3) is 0 Å². The van der Waals surface area contributed by atoms with Crippen LogP contribution in [0.3, 0.4) is 0 Å². The van der Waals surface area contributed by atoms with Crippen molar-refractivity contribution < 1.29 is 0 Å². The lowest BCUT2D eigenvalue weighted by atomic mass is 10.5. The minimum absolute atomic E-state index is 0.785. The van der Waals surface area contributed by atoms with Gasteiger partial charge >= 0.3 is 0 Å². The quantitative estimate of drug-likeness (QED) is 0.604. The van der Waals surface area contributed by atoms with Gasteiger partial charge in [0.25, 0.3) is 0 Å². The molecule has 0 spiro atoms. The summed E-state index contributed by atoms with van der Waals surface area (Å²) in [6.45, 7) is 6.10. The Morgan fingerprint density at radius 2 is 2.09 bits per heavy atom. The predicted octanol–water partition coefficient (Wildman–Crippen LogP) is 2.55. The average molecular weight is 152 g/mol. The first-order valence-electron chi connectivity index (χ1n) is 4.36. The fourth-order valence-corrected chi connectivity index (χ4v) is 1.11. The molecule has 0 aliphatic heterocycles. The molecule has 2 rings (SSSR count). The van der Waals surface area contributed by atoms with Gasteiger partial charge in [0.2, 0.25) is 0 Å². The zero-order valence-electron chi connectivity index (χ0n) is 7.54. The Morgan fingerprint density at radius 1 is 1.45 bits per heavy atom. The molecule has 0 amide bonds. The number of hydrogen-bond acceptors (Lipinski definition) is 1. The molecule has 11 heavy (non-hydrogen) atoms. The summed E-state index contributed by atoms with van der Waals surface area (Å²) in [5.74, 6) is 0. The standard InChI is InChI=1S/C7H10N2.C2H6/c1-6-4-8-5-9(6)7-2-3-7;1-2/h4-5,7H,2-3H2,1H3;1-2H3. The van der Waals surface area contributed by atoms with Crippen molar-refractivity contribution in [2.45, 2.75) is 39.7 Å². The van der Waals surface area contributed by atoms with Gasteiger partial charge in [-0.3, -0.25) is 0 Å². The van der Waals surface area contributed by atoms with Crippen molar-refractivity contribution in [1.82, 2.24) is 9.55 Å². The van der Waals surface area contributed by atoms with Crippen LogP contribution in [0.1, 0.15) is 38.4 Å². The summed E-state index contributed by atoms with van der Waals surface area (Å²) in [4.78, 5) is 4.05. The number of nitrogens with zero attached hydrogens (tertiary/aromatic N) is 2. The van der Waals surface area contributed by atoms with Gasteiger partial charge in [-0.25, -0.2) is 4.98 Å². The molecule has 1 saturated carbocycles. The van der Waals surface area contributed by atoms with Gasteiger partial charge in [0.05, 0.1) is 6.33 Å². The highest BCUT2D eigenvalue weighted by Crippen LogP contribution is 2.35. The Kier molecular flexibility index (Phi) is 2.69. The third kappa shape index (κ3) is 1.82. The minimum Gasteiger partial charge on any atom is -0.332 e. The summed E-state index contributed by atoms with van der Waals surface area (Å²) in [6.07, 6.45) is 6.53. The maximum Gasteiger partial charge on any atom is 0.0950 e. The van der Waals surface area contributed by atoms with Gasteiger partial charge in [0.15, 0.2) is 0 Å². The molecule has 1 aliphatic rings. The summed E-state index contributed by atoms with van der Waals surface area (Å²) < 4.78 is 2.25. The van der Waals surface area contributed by atoms with Crippen LogP contribution in [0.5, 0.6) is 0 Å². The molecule has 1 aliphatic carbocycles. The van der Waals surface area contributed by atoms with Crippen molar-refractivity contribution in [3.8, 4) is 0 Å². The molecular formula is C9H16N2. The van der Waals surface area contributed by atoms with Crippen LogP contribution in [0.2, 0.25) is 0 Å². The summed E-state index contributed by atoms with van der Waals surface area (Å²) >= 11 is 0. The summed E-state index contributed by atoms with van der Waals surface area (Å²) in [7, 11) is 0. The van der Waals surface area contributed by atoms with Crippen molar-refractivity contribution >= 4 is 0 Å². The second-order valence-electron chi connectivity index (χ2n) is 2.67. The maximum absolute atomic E-state index is 4.05. The molecule has 0 unspecified atom stereocenters. The third-order valence-corrected chi connectivity index (χ3v) is 1.80. The van der Waals surface area contributed by atoms with Crippen LogP contribution < -0.4 is 0 Å². The van der Waals surface area contributed by atoms with Gasteiger partial charge in [-0.05, 0) is 19.8 Å². The molecule has 0 aromatic carbocycles. The number of imidazole rings is 1. The third-order valence-electron chi connectivity index (χ3n) is 1.80. The van der Waals surface area contributed by atoms with Gasteiger partial charge in [-0.1, -0.05) is 13.8 Å². The zero-order valence-corrected chi connectivity index (χ0v) is 7.54. The van der Waals surface area contributed by atoms with E-state index in [0.29, 0.717) is 0 Å². The minimum atomic E-state index is 0.785. The lowest BCUT2D eigenvalue weighted by molar-refractivity contribution is 0.717. The molecule has 0 radical (unpaired) electrons. The number of rotatable bonds is 1. The highest BCUT2D eigenvalue weighted by Gasteiger charge is 2.23. The lowest BCUT2D eigenvalue weighted by Crippen LogP contribution is -1.92. The van der Waals surface area contributed by atoms with E-state index < -0.39 is 0 Å². The fraction of sp³-hybridized carbons (Fsp3) is 0.667. The molecule has 1 fully saturated rings. The maximum atomic E-state index is 4.05. The van der Waals surface area contributed by atoms with E-state index in [-0.39, 0.29) is 0 Å². The van der Waals surface area contributed by atoms with Crippen molar-refractivity contribution in [2.24, 2.45) is 0 Å². The first-order chi connectivity index (χ1) is 5.38. The van der Waals surface area contributed by atoms with Crippen LogP contribution >= 0.6 is 0 Å². The molecule has 62 valence electrons. The van der Waals surface area contributed by atoms with E-state index >= 15 is 0 Å². The molecule has 0 saturated heterocycles. The SMILES string of the molecule is CC.Cc1cncn1C1CC1. The van der Waals surface area contributed by atoms with Gasteiger partial charge in [-0.15, -0.1) is 0 Å². The predicted molar refractivity (Wildman–Crippen MR) is 46.6 cm³/mol. The second kappa shape index (κ2) is 3.56. The van der Waals surface area contributed by atoms with E-state index in [1.165, 1.54) is 18.5 Å². The van der Waals surface area contributed by atoms with E-state index in [4.69, 9.17) is 0 Å². The second-order valence-corrected chi connectivity index (χ2v) is 2.67. The molecule has 2 nitrogen and oxygen atoms in total. The number of aryl methyl sites for hydroxylation is 1. The van der Waals surface area contributed by atoms with Crippen molar-refractivity contribution in [2.75, 3.05) is 0 Å². The average Bonchev–Trinajstić information content (AvgIpc) is 2.80. The Labute approximate surface area is 68.3 Å². The van der Waals surface area contributed by atoms with Gasteiger partial charge in [-0.2, -0.15) is 0 Å². The fourth-order valence-electron chi connectivity index (χ4n) is 1.11. The Bertz CT molecular complexity index is 211. The van der Waals surface area contributed by atoms with Gasteiger partial charge in [0, 0.05) is 17.9 Å². The molecule has 2 heteroatoms. The van der Waals surface area contributed by atoms with E-state index in [1.807, 2.05) is 26.4 Å². The van der Waals surface area contributed by atoms with Crippen LogP contribution in [-0.4, -0.2) is 9.55 Å². The molecule has 0 bridgehead atoms. The molecule has 1 heterocycles. The lowest BCUT2D eigenvalue weighted by Gasteiger charge is -1.98. The Hall–Kier alpha value is -0.790. The molecule has 1 aromatic heterocycles. The van der Waals surface area contributed by atoms with Crippen LogP contribution in [0, 0.1) is 6.92 Å². The van der Waals surface area contributed by atoms with Crippen molar-refractivity contribution in [3.63, 3.8) is 0 Å². The van der Waals surface area contributed by atoms with E-state index in [0.717, 1.165) is 6.04 Å². The number of aromatic nitrogens is 2. The van der Waals surface area contributed by atoms with Crippen molar-refractivity contribution in [3.05, 3.63) is 18.2 Å². The summed E-state index contributed by atoms with van der Waals surface area (Å²) in [5, 5.41) is 0. The first-order valence-corrected chi connectivity index (χ1v) is 4.36. The van der Waals surface area contributed by atoms with Crippen molar-refractivity contribution in [1.29, 1.82) is 0 Å². The summed E-state index contributed by atoms with van der Waals surface area (Å²) in [6, 6.07) is 0.785. The molecule has 0 atom stereocenters. The van der Waals surface area contributed by atoms with Gasteiger partial charge in [0.1, 0.15) is 0 Å². The van der Waals surface area contributed by atoms with E-state index in [1.54, 1.807) is 0 Å². The Morgan fingerprint density at radius 3 is 2.45 bits per heavy atom. The highest BCUT2D eigenvalue weighted by atomic mass is 15.1.